The summed E-state index contributed by atoms with van der Waals surface area (Å²) in [6, 6.07) is 3.81. The smallest absolute Gasteiger partial charge is 0.203 e. The number of nitrogens with two attached hydrogens (primary N) is 1. The molecule has 0 heterocycles. The number of hydrogen-bond donors (Lipinski definition) is 1. The van der Waals surface area contributed by atoms with Crippen LogP contribution in [-0.4, -0.2) is 21.3 Å². The van der Waals surface area contributed by atoms with Crippen molar-refractivity contribution in [1.29, 1.82) is 0 Å². The summed E-state index contributed by atoms with van der Waals surface area (Å²) >= 11 is 0. The largest absolute Gasteiger partial charge is 0.493 e. The predicted octanol–water partition coefficient (Wildman–Crippen LogP) is 2.54. The van der Waals surface area contributed by atoms with Crippen molar-refractivity contribution in [1.82, 2.24) is 0 Å². The van der Waals surface area contributed by atoms with Gasteiger partial charge in [0.25, 0.3) is 0 Å². The molecule has 1 atom stereocenters. The van der Waals surface area contributed by atoms with Crippen molar-refractivity contribution in [2.45, 2.75) is 26.3 Å². The predicted molar refractivity (Wildman–Crippen MR) is 72.5 cm³/mol. The fourth-order valence-electron chi connectivity index (χ4n) is 1.73. The summed E-state index contributed by atoms with van der Waals surface area (Å²) in [5.74, 6) is 2.14. The molecule has 0 radical (unpaired) electrons. The Balaban J connectivity index is 3.40. The Morgan fingerprint density at radius 2 is 1.44 bits per heavy atom. The summed E-state index contributed by atoms with van der Waals surface area (Å²) in [5.41, 5.74) is 6.88. The molecule has 4 heteroatoms. The van der Waals surface area contributed by atoms with Gasteiger partial charge in [0.15, 0.2) is 11.5 Å². The minimum atomic E-state index is -0.452. The molecule has 18 heavy (non-hydrogen) atoms. The van der Waals surface area contributed by atoms with Crippen molar-refractivity contribution in [2.75, 3.05) is 21.3 Å². The molecular formula is C14H23NO3. The van der Waals surface area contributed by atoms with E-state index in [0.717, 1.165) is 5.56 Å². The van der Waals surface area contributed by atoms with E-state index in [1.54, 1.807) is 21.3 Å². The SMILES string of the molecule is COc1cc(C(C)(N)C(C)C)cc(OC)c1OC. The lowest BCUT2D eigenvalue weighted by Gasteiger charge is -2.30. The quantitative estimate of drug-likeness (QED) is 0.876. The fourth-order valence-corrected chi connectivity index (χ4v) is 1.73. The zero-order chi connectivity index (χ0) is 13.9. The van der Waals surface area contributed by atoms with Crippen LogP contribution in [0.3, 0.4) is 0 Å². The van der Waals surface area contributed by atoms with Crippen LogP contribution in [0.15, 0.2) is 12.1 Å². The van der Waals surface area contributed by atoms with E-state index in [0.29, 0.717) is 23.2 Å². The molecule has 0 aliphatic heterocycles. The van der Waals surface area contributed by atoms with Gasteiger partial charge in [-0.3, -0.25) is 0 Å². The molecule has 0 aliphatic carbocycles. The highest BCUT2D eigenvalue weighted by atomic mass is 16.5. The summed E-state index contributed by atoms with van der Waals surface area (Å²) < 4.78 is 16.0. The Labute approximate surface area is 109 Å². The zero-order valence-electron chi connectivity index (χ0n) is 12.0. The molecule has 0 bridgehead atoms. The van der Waals surface area contributed by atoms with Crippen LogP contribution in [0.5, 0.6) is 17.2 Å². The van der Waals surface area contributed by atoms with Gasteiger partial charge in [-0.1, -0.05) is 13.8 Å². The van der Waals surface area contributed by atoms with Gasteiger partial charge in [-0.05, 0) is 30.5 Å². The highest BCUT2D eigenvalue weighted by Gasteiger charge is 2.28. The van der Waals surface area contributed by atoms with Crippen molar-refractivity contribution in [3.8, 4) is 17.2 Å². The van der Waals surface area contributed by atoms with Crippen molar-refractivity contribution in [2.24, 2.45) is 11.7 Å². The summed E-state index contributed by atoms with van der Waals surface area (Å²) in [6.07, 6.45) is 0. The molecular weight excluding hydrogens is 230 g/mol. The van der Waals surface area contributed by atoms with Gasteiger partial charge in [-0.2, -0.15) is 0 Å². The second kappa shape index (κ2) is 5.48. The molecule has 1 aromatic carbocycles. The van der Waals surface area contributed by atoms with Crippen molar-refractivity contribution >= 4 is 0 Å². The molecule has 1 unspecified atom stereocenters. The summed E-state index contributed by atoms with van der Waals surface area (Å²) in [6.45, 7) is 6.17. The first-order valence-corrected chi connectivity index (χ1v) is 5.97. The number of benzene rings is 1. The molecule has 0 aromatic heterocycles. The number of methoxy groups -OCH3 is 3. The lowest BCUT2D eigenvalue weighted by molar-refractivity contribution is 0.314. The molecule has 0 fully saturated rings. The van der Waals surface area contributed by atoms with Crippen LogP contribution in [0.2, 0.25) is 0 Å². The maximum atomic E-state index is 6.37. The standard InChI is InChI=1S/C14H23NO3/c1-9(2)14(3,15)10-7-11(16-4)13(18-6)12(8-10)17-5/h7-9H,15H2,1-6H3. The summed E-state index contributed by atoms with van der Waals surface area (Å²) in [5, 5.41) is 0. The number of rotatable bonds is 5. The third kappa shape index (κ3) is 2.53. The normalized spacial score (nSPS) is 14.2. The first-order valence-electron chi connectivity index (χ1n) is 5.97. The van der Waals surface area contributed by atoms with Crippen molar-refractivity contribution in [3.63, 3.8) is 0 Å². The third-order valence-corrected chi connectivity index (χ3v) is 3.49. The summed E-state index contributed by atoms with van der Waals surface area (Å²) in [7, 11) is 4.79. The van der Waals surface area contributed by atoms with E-state index in [1.165, 1.54) is 0 Å². The van der Waals surface area contributed by atoms with Crippen LogP contribution in [0.4, 0.5) is 0 Å². The molecule has 0 amide bonds. The Morgan fingerprint density at radius 3 is 1.72 bits per heavy atom. The van der Waals surface area contributed by atoms with Crippen LogP contribution in [0, 0.1) is 5.92 Å². The Kier molecular flexibility index (Phi) is 4.46. The van der Waals surface area contributed by atoms with Crippen LogP contribution in [0.25, 0.3) is 0 Å². The van der Waals surface area contributed by atoms with E-state index in [2.05, 4.69) is 13.8 Å². The summed E-state index contributed by atoms with van der Waals surface area (Å²) in [4.78, 5) is 0. The van der Waals surface area contributed by atoms with Crippen LogP contribution in [-0.2, 0) is 5.54 Å². The van der Waals surface area contributed by atoms with Gasteiger partial charge in [0.2, 0.25) is 5.75 Å². The lowest BCUT2D eigenvalue weighted by Crippen LogP contribution is -2.38. The van der Waals surface area contributed by atoms with Gasteiger partial charge in [-0.15, -0.1) is 0 Å². The average Bonchev–Trinajstić information content (AvgIpc) is 2.36. The molecule has 0 saturated heterocycles. The maximum absolute atomic E-state index is 6.37. The Hall–Kier alpha value is -1.42. The monoisotopic (exact) mass is 253 g/mol. The second-order valence-corrected chi connectivity index (χ2v) is 4.85. The number of hydrogen-bond acceptors (Lipinski definition) is 4. The minimum Gasteiger partial charge on any atom is -0.493 e. The van der Waals surface area contributed by atoms with Crippen LogP contribution < -0.4 is 19.9 Å². The van der Waals surface area contributed by atoms with E-state index in [9.17, 15) is 0 Å². The molecule has 1 aromatic rings. The van der Waals surface area contributed by atoms with Crippen LogP contribution >= 0.6 is 0 Å². The molecule has 4 nitrogen and oxygen atoms in total. The Bertz CT molecular complexity index is 388. The topological polar surface area (TPSA) is 53.7 Å². The Morgan fingerprint density at radius 1 is 1.00 bits per heavy atom. The molecule has 1 rings (SSSR count). The number of ether oxygens (including phenoxy) is 3. The molecule has 0 spiro atoms. The molecule has 102 valence electrons. The van der Waals surface area contributed by atoms with Crippen LogP contribution in [0.1, 0.15) is 26.3 Å². The van der Waals surface area contributed by atoms with E-state index in [-0.39, 0.29) is 0 Å². The van der Waals surface area contributed by atoms with E-state index in [4.69, 9.17) is 19.9 Å². The van der Waals surface area contributed by atoms with Gasteiger partial charge in [0.1, 0.15) is 0 Å². The van der Waals surface area contributed by atoms with Crippen molar-refractivity contribution < 1.29 is 14.2 Å². The molecule has 0 saturated carbocycles. The highest BCUT2D eigenvalue weighted by molar-refractivity contribution is 5.55. The van der Waals surface area contributed by atoms with E-state index in [1.807, 2.05) is 19.1 Å². The third-order valence-electron chi connectivity index (χ3n) is 3.49. The zero-order valence-corrected chi connectivity index (χ0v) is 12.0. The highest BCUT2D eigenvalue weighted by Crippen LogP contribution is 2.41. The molecule has 0 aliphatic rings. The fraction of sp³-hybridized carbons (Fsp3) is 0.571. The van der Waals surface area contributed by atoms with E-state index >= 15 is 0 Å². The van der Waals surface area contributed by atoms with Gasteiger partial charge in [0.05, 0.1) is 21.3 Å². The molecule has 2 N–H and O–H groups in total. The van der Waals surface area contributed by atoms with Gasteiger partial charge in [0, 0.05) is 5.54 Å². The second-order valence-electron chi connectivity index (χ2n) is 4.85. The average molecular weight is 253 g/mol. The maximum Gasteiger partial charge on any atom is 0.203 e. The first kappa shape index (κ1) is 14.6. The van der Waals surface area contributed by atoms with Gasteiger partial charge >= 0.3 is 0 Å². The lowest BCUT2D eigenvalue weighted by atomic mass is 9.82. The van der Waals surface area contributed by atoms with Gasteiger partial charge in [-0.25, -0.2) is 0 Å². The van der Waals surface area contributed by atoms with Crippen molar-refractivity contribution in [3.05, 3.63) is 17.7 Å². The first-order chi connectivity index (χ1) is 8.38. The minimum absolute atomic E-state index is 0.292. The van der Waals surface area contributed by atoms with Gasteiger partial charge < -0.3 is 19.9 Å². The van der Waals surface area contributed by atoms with E-state index < -0.39 is 5.54 Å².